The lowest BCUT2D eigenvalue weighted by Crippen LogP contribution is -2.16. The maximum absolute atomic E-state index is 13.8. The fourth-order valence-electron chi connectivity index (χ4n) is 4.71. The topological polar surface area (TPSA) is 41.6 Å². The molecule has 0 atom stereocenters. The summed E-state index contributed by atoms with van der Waals surface area (Å²) in [5.74, 6) is 2.06. The van der Waals surface area contributed by atoms with Crippen molar-refractivity contribution in [2.45, 2.75) is 44.9 Å². The van der Waals surface area contributed by atoms with Gasteiger partial charge in [0.1, 0.15) is 11.6 Å². The first-order valence-corrected chi connectivity index (χ1v) is 10.1. The second kappa shape index (κ2) is 7.01. The molecule has 1 aliphatic carbocycles. The van der Waals surface area contributed by atoms with Crippen LogP contribution in [0.4, 0.5) is 4.39 Å². The van der Waals surface area contributed by atoms with Crippen molar-refractivity contribution < 1.29 is 4.39 Å². The van der Waals surface area contributed by atoms with Crippen molar-refractivity contribution in [2.24, 2.45) is 5.92 Å². The van der Waals surface area contributed by atoms with Gasteiger partial charge in [-0.25, -0.2) is 9.37 Å². The highest BCUT2D eigenvalue weighted by Gasteiger charge is 2.24. The van der Waals surface area contributed by atoms with E-state index in [9.17, 15) is 4.39 Å². The van der Waals surface area contributed by atoms with Crippen molar-refractivity contribution in [3.8, 4) is 0 Å². The predicted molar refractivity (Wildman–Crippen MR) is 111 cm³/mol. The molecule has 1 N–H and O–H groups in total. The van der Waals surface area contributed by atoms with Crippen LogP contribution in [0.2, 0.25) is 0 Å². The van der Waals surface area contributed by atoms with Crippen molar-refractivity contribution in [3.05, 3.63) is 71.4 Å². The number of nitrogens with zero attached hydrogens (tertiary/aromatic N) is 2. The largest absolute Gasteiger partial charge is 0.342 e. The van der Waals surface area contributed by atoms with E-state index in [2.05, 4.69) is 41.2 Å². The van der Waals surface area contributed by atoms with E-state index < -0.39 is 0 Å². The van der Waals surface area contributed by atoms with E-state index in [0.717, 1.165) is 47.0 Å². The van der Waals surface area contributed by atoms with Gasteiger partial charge in [-0.15, -0.1) is 0 Å². The Hall–Kier alpha value is -2.75. The number of pyridine rings is 1. The highest BCUT2D eigenvalue weighted by atomic mass is 19.1. The summed E-state index contributed by atoms with van der Waals surface area (Å²) in [7, 11) is 0. The van der Waals surface area contributed by atoms with Crippen LogP contribution in [0.25, 0.3) is 21.9 Å². The average molecular weight is 373 g/mol. The minimum absolute atomic E-state index is 0.185. The number of benzene rings is 2. The maximum atomic E-state index is 13.8. The highest BCUT2D eigenvalue weighted by Crippen LogP contribution is 2.39. The second-order valence-electron chi connectivity index (χ2n) is 8.19. The first kappa shape index (κ1) is 17.4. The first-order valence-electron chi connectivity index (χ1n) is 10.1. The summed E-state index contributed by atoms with van der Waals surface area (Å²) in [6.07, 6.45) is 7.50. The molecule has 4 aromatic rings. The molecule has 3 nitrogen and oxygen atoms in total. The Labute approximate surface area is 164 Å². The Balaban J connectivity index is 1.30. The van der Waals surface area contributed by atoms with Crippen LogP contribution >= 0.6 is 0 Å². The van der Waals surface area contributed by atoms with Crippen LogP contribution < -0.4 is 0 Å². The standard InChI is InChI=1S/C24H24FN3/c1-15-2-8-22-23(12-15)28-24(27-22)13-16-3-5-17(6-4-16)19-10-11-26-21-9-7-18(25)14-20(19)21/h2,7-12,14,16-17H,3-6,13H2,1H3,(H,27,28)/t16-,17+. The molecule has 2 aromatic carbocycles. The van der Waals surface area contributed by atoms with Gasteiger partial charge in [0.2, 0.25) is 0 Å². The molecule has 0 unspecified atom stereocenters. The number of halogens is 1. The molecule has 0 amide bonds. The predicted octanol–water partition coefficient (Wildman–Crippen LogP) is 6.08. The Morgan fingerprint density at radius 3 is 2.71 bits per heavy atom. The summed E-state index contributed by atoms with van der Waals surface area (Å²) in [5.41, 5.74) is 5.57. The Morgan fingerprint density at radius 2 is 1.86 bits per heavy atom. The molecule has 5 rings (SSSR count). The van der Waals surface area contributed by atoms with E-state index in [-0.39, 0.29) is 5.82 Å². The summed E-state index contributed by atoms with van der Waals surface area (Å²) < 4.78 is 13.8. The van der Waals surface area contributed by atoms with Gasteiger partial charge >= 0.3 is 0 Å². The molecule has 0 spiro atoms. The summed E-state index contributed by atoms with van der Waals surface area (Å²) in [6, 6.07) is 13.4. The molecule has 1 saturated carbocycles. The third-order valence-electron chi connectivity index (χ3n) is 6.19. The quantitative estimate of drug-likeness (QED) is 0.473. The normalized spacial score (nSPS) is 20.1. The molecular weight excluding hydrogens is 349 g/mol. The van der Waals surface area contributed by atoms with Crippen LogP contribution in [0.3, 0.4) is 0 Å². The summed E-state index contributed by atoms with van der Waals surface area (Å²) >= 11 is 0. The van der Waals surface area contributed by atoms with Crippen molar-refractivity contribution in [2.75, 3.05) is 0 Å². The SMILES string of the molecule is Cc1ccc2[nH]c(C[C@H]3CC[C@@H](c4ccnc5ccc(F)cc54)CC3)nc2c1. The second-order valence-corrected chi connectivity index (χ2v) is 8.19. The number of hydrogen-bond donors (Lipinski definition) is 1. The molecule has 0 aliphatic heterocycles. The number of imidazole rings is 1. The third kappa shape index (κ3) is 3.28. The van der Waals surface area contributed by atoms with Gasteiger partial charge in [0.05, 0.1) is 16.6 Å². The summed E-state index contributed by atoms with van der Waals surface area (Å²) in [4.78, 5) is 12.7. The van der Waals surface area contributed by atoms with E-state index >= 15 is 0 Å². The molecule has 0 saturated heterocycles. The van der Waals surface area contributed by atoms with Gasteiger partial charge in [-0.2, -0.15) is 0 Å². The number of rotatable bonds is 3. The molecular formula is C24H24FN3. The number of nitrogens with one attached hydrogen (secondary N) is 1. The van der Waals surface area contributed by atoms with Crippen LogP contribution in [0.5, 0.6) is 0 Å². The van der Waals surface area contributed by atoms with Gasteiger partial charge in [-0.3, -0.25) is 4.98 Å². The van der Waals surface area contributed by atoms with Gasteiger partial charge in [0, 0.05) is 18.0 Å². The van der Waals surface area contributed by atoms with Crippen LogP contribution in [-0.2, 0) is 6.42 Å². The summed E-state index contributed by atoms with van der Waals surface area (Å²) in [5, 5.41) is 0.971. The third-order valence-corrected chi connectivity index (χ3v) is 6.19. The zero-order valence-electron chi connectivity index (χ0n) is 16.1. The fourth-order valence-corrected chi connectivity index (χ4v) is 4.71. The molecule has 4 heteroatoms. The lowest BCUT2D eigenvalue weighted by molar-refractivity contribution is 0.322. The lowest BCUT2D eigenvalue weighted by atomic mass is 9.77. The lowest BCUT2D eigenvalue weighted by Gasteiger charge is -2.29. The Bertz CT molecular complexity index is 1140. The molecule has 0 radical (unpaired) electrons. The van der Waals surface area contributed by atoms with Gasteiger partial charge in [0.25, 0.3) is 0 Å². The van der Waals surface area contributed by atoms with E-state index in [1.807, 2.05) is 6.20 Å². The molecule has 142 valence electrons. The van der Waals surface area contributed by atoms with Gasteiger partial charge in [-0.05, 0) is 92.0 Å². The van der Waals surface area contributed by atoms with Crippen LogP contribution in [0.1, 0.15) is 48.6 Å². The van der Waals surface area contributed by atoms with Crippen LogP contribution in [-0.4, -0.2) is 15.0 Å². The molecule has 1 fully saturated rings. The van der Waals surface area contributed by atoms with E-state index in [0.29, 0.717) is 11.8 Å². The zero-order valence-corrected chi connectivity index (χ0v) is 16.1. The van der Waals surface area contributed by atoms with Crippen molar-refractivity contribution in [1.29, 1.82) is 0 Å². The van der Waals surface area contributed by atoms with Gasteiger partial charge in [0.15, 0.2) is 0 Å². The summed E-state index contributed by atoms with van der Waals surface area (Å²) in [6.45, 7) is 2.10. The van der Waals surface area contributed by atoms with Crippen LogP contribution in [0.15, 0.2) is 48.7 Å². The Kier molecular flexibility index (Phi) is 4.34. The molecule has 2 aromatic heterocycles. The van der Waals surface area contributed by atoms with Gasteiger partial charge in [-0.1, -0.05) is 6.07 Å². The van der Waals surface area contributed by atoms with E-state index in [1.165, 1.54) is 30.0 Å². The Morgan fingerprint density at radius 1 is 1.00 bits per heavy atom. The van der Waals surface area contributed by atoms with Gasteiger partial charge < -0.3 is 4.98 Å². The first-order chi connectivity index (χ1) is 13.7. The fraction of sp³-hybridized carbons (Fsp3) is 0.333. The molecule has 2 heterocycles. The number of hydrogen-bond acceptors (Lipinski definition) is 2. The van der Waals surface area contributed by atoms with E-state index in [4.69, 9.17) is 4.98 Å². The van der Waals surface area contributed by atoms with Crippen molar-refractivity contribution in [3.63, 3.8) is 0 Å². The van der Waals surface area contributed by atoms with E-state index in [1.54, 1.807) is 12.1 Å². The number of aryl methyl sites for hydroxylation is 1. The number of fused-ring (bicyclic) bond motifs is 2. The molecule has 0 bridgehead atoms. The zero-order chi connectivity index (χ0) is 19.1. The monoisotopic (exact) mass is 373 g/mol. The molecule has 1 aliphatic rings. The van der Waals surface area contributed by atoms with Crippen LogP contribution in [0, 0.1) is 18.7 Å². The highest BCUT2D eigenvalue weighted by molar-refractivity contribution is 5.82. The maximum Gasteiger partial charge on any atom is 0.123 e. The average Bonchev–Trinajstić information content (AvgIpc) is 3.09. The minimum Gasteiger partial charge on any atom is -0.342 e. The number of aromatic nitrogens is 3. The number of H-pyrrole nitrogens is 1. The minimum atomic E-state index is -0.185. The smallest absolute Gasteiger partial charge is 0.123 e. The van der Waals surface area contributed by atoms with Crippen molar-refractivity contribution >= 4 is 21.9 Å². The molecule has 28 heavy (non-hydrogen) atoms. The van der Waals surface area contributed by atoms with Crippen molar-refractivity contribution in [1.82, 2.24) is 15.0 Å². The number of aromatic amines is 1.